The topological polar surface area (TPSA) is 99.6 Å². The standard InChI is InChI=1S/C36H43N3O6/c1-6-25(22-40)39-31-34(43)38(30-23(4)12-9-13-24(30)5)21-11-19-36(31)29(33(39)42)28-32(41)37(20-10-18-35(28,7-2)45-36)26-14-16-27(17-15-26)44-8-3/h9-19,25,28-29,31,40H,6-8,20-22H2,1-5H3/t25-,28-,29-,31?,35+,36-/m0/s1. The van der Waals surface area contributed by atoms with Crippen LogP contribution in [-0.4, -0.2) is 77.3 Å². The van der Waals surface area contributed by atoms with E-state index in [1.54, 1.807) is 9.80 Å². The van der Waals surface area contributed by atoms with Gasteiger partial charge in [-0.3, -0.25) is 14.4 Å². The monoisotopic (exact) mass is 613 g/mol. The van der Waals surface area contributed by atoms with Crippen LogP contribution in [0.4, 0.5) is 11.4 Å². The molecular weight excluding hydrogens is 570 g/mol. The summed E-state index contributed by atoms with van der Waals surface area (Å²) in [5, 5.41) is 10.5. The van der Waals surface area contributed by atoms with E-state index in [1.807, 2.05) is 101 Å². The van der Waals surface area contributed by atoms with Crippen LogP contribution in [0.25, 0.3) is 0 Å². The Morgan fingerprint density at radius 3 is 2.18 bits per heavy atom. The van der Waals surface area contributed by atoms with Crippen molar-refractivity contribution in [2.24, 2.45) is 11.8 Å². The fourth-order valence-electron chi connectivity index (χ4n) is 8.06. The Bertz CT molecular complexity index is 1530. The van der Waals surface area contributed by atoms with Gasteiger partial charge < -0.3 is 29.3 Å². The Labute approximate surface area is 265 Å². The molecule has 1 spiro atoms. The van der Waals surface area contributed by atoms with Gasteiger partial charge in [0.15, 0.2) is 0 Å². The molecule has 0 aliphatic carbocycles. The first kappa shape index (κ1) is 31.0. The van der Waals surface area contributed by atoms with Crippen LogP contribution in [-0.2, 0) is 19.1 Å². The van der Waals surface area contributed by atoms with Crippen molar-refractivity contribution in [1.29, 1.82) is 0 Å². The average molecular weight is 614 g/mol. The second-order valence-electron chi connectivity index (χ2n) is 12.5. The van der Waals surface area contributed by atoms with E-state index in [2.05, 4.69) is 0 Å². The number of aryl methyl sites for hydroxylation is 2. The zero-order valence-corrected chi connectivity index (χ0v) is 26.7. The third-order valence-electron chi connectivity index (χ3n) is 10.1. The minimum atomic E-state index is -1.40. The molecule has 6 rings (SSSR count). The molecule has 45 heavy (non-hydrogen) atoms. The van der Waals surface area contributed by atoms with Crippen LogP contribution in [0.5, 0.6) is 5.75 Å². The van der Waals surface area contributed by atoms with Gasteiger partial charge in [0, 0.05) is 24.5 Å². The Kier molecular flexibility index (Phi) is 8.12. The lowest BCUT2D eigenvalue weighted by Gasteiger charge is -2.41. The molecule has 0 aromatic heterocycles. The normalized spacial score (nSPS) is 29.8. The lowest BCUT2D eigenvalue weighted by Crippen LogP contribution is -2.59. The third-order valence-corrected chi connectivity index (χ3v) is 10.1. The third kappa shape index (κ3) is 4.62. The first-order valence-electron chi connectivity index (χ1n) is 16.1. The average Bonchev–Trinajstić information content (AvgIpc) is 3.32. The number of carbonyl (C=O) groups excluding carboxylic acids is 3. The van der Waals surface area contributed by atoms with Crippen molar-refractivity contribution in [3.63, 3.8) is 0 Å². The van der Waals surface area contributed by atoms with Crippen LogP contribution in [0.15, 0.2) is 66.8 Å². The molecule has 1 N–H and O–H groups in total. The van der Waals surface area contributed by atoms with E-state index in [4.69, 9.17) is 9.47 Å². The summed E-state index contributed by atoms with van der Waals surface area (Å²) in [5.74, 6) is -1.97. The molecule has 2 aromatic rings. The van der Waals surface area contributed by atoms with E-state index in [0.717, 1.165) is 16.8 Å². The molecule has 2 aromatic carbocycles. The van der Waals surface area contributed by atoms with Crippen molar-refractivity contribution >= 4 is 29.1 Å². The van der Waals surface area contributed by atoms with Gasteiger partial charge in [-0.2, -0.15) is 0 Å². The molecule has 9 nitrogen and oxygen atoms in total. The van der Waals surface area contributed by atoms with Crippen LogP contribution >= 0.6 is 0 Å². The zero-order chi connectivity index (χ0) is 32.1. The van der Waals surface area contributed by atoms with Crippen LogP contribution in [0.3, 0.4) is 0 Å². The summed E-state index contributed by atoms with van der Waals surface area (Å²) in [6.45, 7) is 10.5. The van der Waals surface area contributed by atoms with Crippen molar-refractivity contribution in [2.45, 2.75) is 70.7 Å². The number of amides is 3. The minimum Gasteiger partial charge on any atom is -0.494 e. The number of nitrogens with zero attached hydrogens (tertiary/aromatic N) is 3. The van der Waals surface area contributed by atoms with Crippen molar-refractivity contribution in [2.75, 3.05) is 36.1 Å². The lowest BCUT2D eigenvalue weighted by molar-refractivity contribution is -0.149. The van der Waals surface area contributed by atoms with Crippen molar-refractivity contribution < 1.29 is 29.0 Å². The van der Waals surface area contributed by atoms with E-state index in [-0.39, 0.29) is 24.3 Å². The van der Waals surface area contributed by atoms with E-state index in [9.17, 15) is 19.5 Å². The molecule has 238 valence electrons. The number of para-hydroxylation sites is 1. The molecule has 4 heterocycles. The van der Waals surface area contributed by atoms with Crippen LogP contribution in [0.1, 0.15) is 44.7 Å². The van der Waals surface area contributed by atoms with Gasteiger partial charge in [0.25, 0.3) is 5.91 Å². The van der Waals surface area contributed by atoms with E-state index in [0.29, 0.717) is 44.0 Å². The number of aliphatic hydroxyl groups is 1. The summed E-state index contributed by atoms with van der Waals surface area (Å²) in [6.07, 6.45) is 8.51. The number of hydrogen-bond donors (Lipinski definition) is 1. The van der Waals surface area contributed by atoms with E-state index < -0.39 is 35.1 Å². The van der Waals surface area contributed by atoms with E-state index in [1.165, 1.54) is 4.90 Å². The Balaban J connectivity index is 1.49. The molecule has 2 saturated heterocycles. The largest absolute Gasteiger partial charge is 0.494 e. The second-order valence-corrected chi connectivity index (χ2v) is 12.5. The number of aliphatic hydroxyl groups excluding tert-OH is 1. The fourth-order valence-corrected chi connectivity index (χ4v) is 8.06. The van der Waals surface area contributed by atoms with Gasteiger partial charge in [-0.1, -0.05) is 56.4 Å². The molecule has 3 amide bonds. The zero-order valence-electron chi connectivity index (χ0n) is 26.7. The molecule has 1 unspecified atom stereocenters. The maximum atomic E-state index is 14.9. The predicted molar refractivity (Wildman–Crippen MR) is 172 cm³/mol. The summed E-state index contributed by atoms with van der Waals surface area (Å²) in [5.41, 5.74) is 0.885. The summed E-state index contributed by atoms with van der Waals surface area (Å²) in [7, 11) is 0. The summed E-state index contributed by atoms with van der Waals surface area (Å²) in [6, 6.07) is 11.6. The molecule has 4 aliphatic heterocycles. The maximum Gasteiger partial charge on any atom is 0.253 e. The van der Waals surface area contributed by atoms with Crippen LogP contribution in [0.2, 0.25) is 0 Å². The SMILES string of the molecule is CCOc1ccc(N2CC=C[C@@]3(CC)O[C@]45C=CCN(c6c(C)cccc6C)C(=O)C4N([C@@H](CC)CO)C(=O)[C@@H]5[C@H]3C2=O)cc1. The Morgan fingerprint density at radius 1 is 0.889 bits per heavy atom. The number of benzene rings is 2. The number of fused-ring (bicyclic) bond motifs is 2. The molecule has 2 fully saturated rings. The summed E-state index contributed by atoms with van der Waals surface area (Å²) in [4.78, 5) is 49.4. The van der Waals surface area contributed by atoms with Crippen LogP contribution < -0.4 is 14.5 Å². The molecule has 6 atom stereocenters. The van der Waals surface area contributed by atoms with Gasteiger partial charge in [0.1, 0.15) is 17.4 Å². The molecule has 0 saturated carbocycles. The van der Waals surface area contributed by atoms with Crippen molar-refractivity contribution in [1.82, 2.24) is 4.90 Å². The maximum absolute atomic E-state index is 14.9. The number of anilines is 2. The highest BCUT2D eigenvalue weighted by atomic mass is 16.5. The van der Waals surface area contributed by atoms with Crippen LogP contribution in [0, 0.1) is 25.7 Å². The number of carbonyl (C=O) groups is 3. The first-order valence-corrected chi connectivity index (χ1v) is 16.1. The van der Waals surface area contributed by atoms with Gasteiger partial charge in [0.2, 0.25) is 11.8 Å². The molecular formula is C36H43N3O6. The molecule has 0 radical (unpaired) electrons. The lowest BCUT2D eigenvalue weighted by atomic mass is 9.73. The first-order chi connectivity index (χ1) is 21.7. The highest BCUT2D eigenvalue weighted by Gasteiger charge is 2.76. The van der Waals surface area contributed by atoms with E-state index >= 15 is 0 Å². The van der Waals surface area contributed by atoms with Gasteiger partial charge in [-0.15, -0.1) is 0 Å². The summed E-state index contributed by atoms with van der Waals surface area (Å²) < 4.78 is 12.7. The molecule has 4 aliphatic rings. The minimum absolute atomic E-state index is 0.226. The van der Waals surface area contributed by atoms with Gasteiger partial charge in [-0.25, -0.2) is 0 Å². The van der Waals surface area contributed by atoms with Crippen molar-refractivity contribution in [3.8, 4) is 5.75 Å². The number of ether oxygens (including phenoxy) is 2. The number of hydrogen-bond acceptors (Lipinski definition) is 6. The van der Waals surface area contributed by atoms with Gasteiger partial charge in [-0.05, 0) is 69.0 Å². The molecule has 9 heteroatoms. The summed E-state index contributed by atoms with van der Waals surface area (Å²) >= 11 is 0. The highest BCUT2D eigenvalue weighted by Crippen LogP contribution is 2.59. The fraction of sp³-hybridized carbons (Fsp3) is 0.472. The Morgan fingerprint density at radius 2 is 1.56 bits per heavy atom. The number of likely N-dealkylation sites (tertiary alicyclic amines) is 1. The van der Waals surface area contributed by atoms with Crippen molar-refractivity contribution in [3.05, 3.63) is 77.9 Å². The smallest absolute Gasteiger partial charge is 0.253 e. The highest BCUT2D eigenvalue weighted by molar-refractivity contribution is 6.08. The quantitative estimate of drug-likeness (QED) is 0.445. The molecule has 0 bridgehead atoms. The van der Waals surface area contributed by atoms with Gasteiger partial charge >= 0.3 is 0 Å². The second kappa shape index (κ2) is 11.8. The predicted octanol–water partition coefficient (Wildman–Crippen LogP) is 4.34. The number of rotatable bonds is 8. The van der Waals surface area contributed by atoms with Gasteiger partial charge in [0.05, 0.1) is 36.7 Å². The Hall–Kier alpha value is -3.95.